The number of morpholine rings is 1. The van der Waals surface area contributed by atoms with Crippen molar-refractivity contribution in [1.82, 2.24) is 14.5 Å². The number of nitrogens with zero attached hydrogens (tertiary/aromatic N) is 3. The van der Waals surface area contributed by atoms with Crippen molar-refractivity contribution in [1.29, 1.82) is 0 Å². The van der Waals surface area contributed by atoms with Gasteiger partial charge in [0, 0.05) is 27.2 Å². The Balaban J connectivity index is 1.66. The minimum atomic E-state index is -0.341. The van der Waals surface area contributed by atoms with Gasteiger partial charge >= 0.3 is 11.7 Å². The van der Waals surface area contributed by atoms with Crippen LogP contribution in [0.4, 0.5) is 16.2 Å². The molecule has 9 nitrogen and oxygen atoms in total. The van der Waals surface area contributed by atoms with E-state index in [1.165, 1.54) is 0 Å². The summed E-state index contributed by atoms with van der Waals surface area (Å²) >= 11 is 0. The summed E-state index contributed by atoms with van der Waals surface area (Å²) in [6.45, 7) is 2.97. The Labute approximate surface area is 161 Å². The van der Waals surface area contributed by atoms with Crippen LogP contribution >= 0.6 is 0 Å². The van der Waals surface area contributed by atoms with Gasteiger partial charge in [0.25, 0.3) is 0 Å². The number of nitrogens with one attached hydrogen (secondary N) is 2. The lowest BCUT2D eigenvalue weighted by molar-refractivity contribution is 0.123. The molecule has 1 aromatic carbocycles. The summed E-state index contributed by atoms with van der Waals surface area (Å²) in [5, 5.41) is 5.70. The van der Waals surface area contributed by atoms with Crippen molar-refractivity contribution < 1.29 is 13.9 Å². The Morgan fingerprint density at radius 3 is 2.54 bits per heavy atom. The van der Waals surface area contributed by atoms with Crippen LogP contribution in [0.15, 0.2) is 39.7 Å². The molecule has 9 heteroatoms. The number of ether oxygens (including phenoxy) is 1. The number of fused-ring (bicyclic) bond motifs is 1. The van der Waals surface area contributed by atoms with Crippen molar-refractivity contribution in [2.45, 2.75) is 6.54 Å². The number of hydrogen-bond acceptors (Lipinski definition) is 5. The first-order valence-electron chi connectivity index (χ1n) is 9.14. The van der Waals surface area contributed by atoms with Gasteiger partial charge in [-0.05, 0) is 24.3 Å². The summed E-state index contributed by atoms with van der Waals surface area (Å²) in [6.07, 6.45) is 1.56. The second-order valence-corrected chi connectivity index (χ2v) is 6.75. The molecule has 1 saturated heterocycles. The van der Waals surface area contributed by atoms with Crippen LogP contribution in [0.25, 0.3) is 11.0 Å². The molecule has 0 unspecified atom stereocenters. The van der Waals surface area contributed by atoms with E-state index in [0.717, 1.165) is 29.8 Å². The molecule has 4 rings (SSSR count). The average molecular weight is 385 g/mol. The van der Waals surface area contributed by atoms with E-state index in [4.69, 9.17) is 9.15 Å². The van der Waals surface area contributed by atoms with Crippen LogP contribution < -0.4 is 21.2 Å². The highest BCUT2D eigenvalue weighted by atomic mass is 16.5. The van der Waals surface area contributed by atoms with Crippen molar-refractivity contribution >= 4 is 28.4 Å². The number of aryl methyl sites for hydroxylation is 2. The maximum Gasteiger partial charge on any atom is 0.328 e. The van der Waals surface area contributed by atoms with E-state index >= 15 is 0 Å². The number of anilines is 2. The molecule has 3 heterocycles. The third kappa shape index (κ3) is 3.36. The fraction of sp³-hybridized carbons (Fsp3) is 0.368. The number of carbonyl (C=O) groups excluding carboxylic acids is 1. The SMILES string of the molecule is Cn1c(=O)n(C)c2cc(N3CCOCC3)c(NC(=O)NCc3ccco3)cc21. The standard InChI is InChI=1S/C19H23N5O4/c1-22-16-10-14(21-18(25)20-12-13-4-3-7-28-13)15(24-5-8-27-9-6-24)11-17(16)23(2)19(22)26/h3-4,7,10-11H,5-6,8-9,12H2,1-2H3,(H2,20,21,25). The molecule has 28 heavy (non-hydrogen) atoms. The number of amides is 2. The van der Waals surface area contributed by atoms with Crippen molar-refractivity contribution in [3.05, 3.63) is 46.8 Å². The molecule has 1 aliphatic rings. The van der Waals surface area contributed by atoms with Crippen molar-refractivity contribution in [2.24, 2.45) is 14.1 Å². The van der Waals surface area contributed by atoms with Gasteiger partial charge in [0.05, 0.1) is 48.4 Å². The van der Waals surface area contributed by atoms with Gasteiger partial charge in [0.15, 0.2) is 0 Å². The molecule has 0 bridgehead atoms. The minimum absolute atomic E-state index is 0.109. The van der Waals surface area contributed by atoms with Crippen molar-refractivity contribution in [3.63, 3.8) is 0 Å². The monoisotopic (exact) mass is 385 g/mol. The molecule has 0 radical (unpaired) electrons. The van der Waals surface area contributed by atoms with E-state index in [0.29, 0.717) is 24.7 Å². The van der Waals surface area contributed by atoms with Gasteiger partial charge in [-0.3, -0.25) is 9.13 Å². The molecule has 0 saturated carbocycles. The molecular weight excluding hydrogens is 362 g/mol. The Bertz CT molecular complexity index is 1040. The van der Waals surface area contributed by atoms with Crippen LogP contribution in [-0.4, -0.2) is 41.5 Å². The number of urea groups is 1. The Hall–Kier alpha value is -3.20. The van der Waals surface area contributed by atoms with E-state index < -0.39 is 0 Å². The summed E-state index contributed by atoms with van der Waals surface area (Å²) < 4.78 is 13.9. The van der Waals surface area contributed by atoms with Gasteiger partial charge < -0.3 is 24.7 Å². The Morgan fingerprint density at radius 1 is 1.14 bits per heavy atom. The number of aromatic nitrogens is 2. The van der Waals surface area contributed by atoms with Crippen LogP contribution in [0.2, 0.25) is 0 Å². The highest BCUT2D eigenvalue weighted by Gasteiger charge is 2.20. The maximum absolute atomic E-state index is 12.5. The molecule has 0 spiro atoms. The van der Waals surface area contributed by atoms with Gasteiger partial charge in [0.2, 0.25) is 0 Å². The lowest BCUT2D eigenvalue weighted by Crippen LogP contribution is -2.37. The Morgan fingerprint density at radius 2 is 1.86 bits per heavy atom. The molecule has 3 aromatic rings. The highest BCUT2D eigenvalue weighted by molar-refractivity contribution is 5.98. The molecule has 0 aliphatic carbocycles. The van der Waals surface area contributed by atoms with Gasteiger partial charge in [-0.1, -0.05) is 0 Å². The van der Waals surface area contributed by atoms with Crippen LogP contribution in [0.5, 0.6) is 0 Å². The number of furan rings is 1. The number of rotatable bonds is 4. The Kier molecular flexibility index (Phi) is 4.82. The molecule has 2 amide bonds. The van der Waals surface area contributed by atoms with Crippen molar-refractivity contribution in [3.8, 4) is 0 Å². The first-order chi connectivity index (χ1) is 13.5. The summed E-state index contributed by atoms with van der Waals surface area (Å²) in [6, 6.07) is 7.02. The quantitative estimate of drug-likeness (QED) is 0.712. The largest absolute Gasteiger partial charge is 0.467 e. The third-order valence-electron chi connectivity index (χ3n) is 4.99. The van der Waals surface area contributed by atoms with Crippen LogP contribution in [0, 0.1) is 0 Å². The molecule has 2 N–H and O–H groups in total. The summed E-state index contributed by atoms with van der Waals surface area (Å²) in [7, 11) is 3.47. The molecule has 1 aliphatic heterocycles. The second kappa shape index (κ2) is 7.43. The summed E-state index contributed by atoms with van der Waals surface area (Å²) in [5.74, 6) is 0.671. The summed E-state index contributed by atoms with van der Waals surface area (Å²) in [5.41, 5.74) is 2.97. The first kappa shape index (κ1) is 18.2. The topological polar surface area (TPSA) is 93.7 Å². The number of benzene rings is 1. The fourth-order valence-corrected chi connectivity index (χ4v) is 3.45. The maximum atomic E-state index is 12.5. The third-order valence-corrected chi connectivity index (χ3v) is 4.99. The summed E-state index contributed by atoms with van der Waals surface area (Å²) in [4.78, 5) is 26.9. The smallest absolute Gasteiger partial charge is 0.328 e. The predicted octanol–water partition coefficient (Wildman–Crippen LogP) is 1.63. The zero-order valence-electron chi connectivity index (χ0n) is 15.9. The zero-order valence-corrected chi connectivity index (χ0v) is 15.9. The minimum Gasteiger partial charge on any atom is -0.467 e. The molecule has 0 atom stereocenters. The van der Waals surface area contributed by atoms with E-state index in [1.807, 2.05) is 12.1 Å². The van der Waals surface area contributed by atoms with Crippen LogP contribution in [0.1, 0.15) is 5.76 Å². The zero-order chi connectivity index (χ0) is 19.7. The lowest BCUT2D eigenvalue weighted by Gasteiger charge is -2.30. The number of carbonyl (C=O) groups is 1. The normalized spacial score (nSPS) is 14.4. The molecule has 148 valence electrons. The van der Waals surface area contributed by atoms with Gasteiger partial charge in [-0.2, -0.15) is 0 Å². The molecule has 2 aromatic heterocycles. The first-order valence-corrected chi connectivity index (χ1v) is 9.14. The van der Waals surface area contributed by atoms with Gasteiger partial charge in [-0.15, -0.1) is 0 Å². The fourth-order valence-electron chi connectivity index (χ4n) is 3.45. The highest BCUT2D eigenvalue weighted by Crippen LogP contribution is 2.31. The number of hydrogen-bond donors (Lipinski definition) is 2. The molecular formula is C19H23N5O4. The number of imidazole rings is 1. The average Bonchev–Trinajstić information content (AvgIpc) is 3.30. The van der Waals surface area contributed by atoms with Gasteiger partial charge in [-0.25, -0.2) is 9.59 Å². The van der Waals surface area contributed by atoms with Crippen LogP contribution in [0.3, 0.4) is 0 Å². The van der Waals surface area contributed by atoms with E-state index in [9.17, 15) is 9.59 Å². The lowest BCUT2D eigenvalue weighted by atomic mass is 10.2. The van der Waals surface area contributed by atoms with Crippen LogP contribution in [-0.2, 0) is 25.4 Å². The molecule has 1 fully saturated rings. The van der Waals surface area contributed by atoms with E-state index in [-0.39, 0.29) is 18.3 Å². The van der Waals surface area contributed by atoms with Gasteiger partial charge in [0.1, 0.15) is 5.76 Å². The second-order valence-electron chi connectivity index (χ2n) is 6.75. The van der Waals surface area contributed by atoms with Crippen molar-refractivity contribution in [2.75, 3.05) is 36.5 Å². The predicted molar refractivity (Wildman–Crippen MR) is 106 cm³/mol. The van der Waals surface area contributed by atoms with E-state index in [1.54, 1.807) is 41.6 Å². The van der Waals surface area contributed by atoms with E-state index in [2.05, 4.69) is 15.5 Å².